The molecule has 0 bridgehead atoms. The van der Waals surface area contributed by atoms with Gasteiger partial charge in [-0.15, -0.1) is 0 Å². The van der Waals surface area contributed by atoms with Crippen LogP contribution in [0.15, 0.2) is 24.3 Å². The smallest absolute Gasteiger partial charge is 0.319 e. The van der Waals surface area contributed by atoms with Crippen molar-refractivity contribution in [3.63, 3.8) is 0 Å². The van der Waals surface area contributed by atoms with Gasteiger partial charge in [0.25, 0.3) is 0 Å². The summed E-state index contributed by atoms with van der Waals surface area (Å²) in [7, 11) is 0. The summed E-state index contributed by atoms with van der Waals surface area (Å²) in [5.41, 5.74) is 1.98. The van der Waals surface area contributed by atoms with Crippen LogP contribution in [0.3, 0.4) is 0 Å². The van der Waals surface area contributed by atoms with E-state index in [9.17, 15) is 4.79 Å². The number of hydrogen-bond donors (Lipinski definition) is 2. The number of ether oxygens (including phenoxy) is 1. The molecule has 0 aliphatic heterocycles. The maximum Gasteiger partial charge on any atom is 0.319 e. The van der Waals surface area contributed by atoms with Crippen molar-refractivity contribution in [3.8, 4) is 0 Å². The van der Waals surface area contributed by atoms with Gasteiger partial charge in [0.05, 0.1) is 12.7 Å². The highest BCUT2D eigenvalue weighted by molar-refractivity contribution is 5.89. The van der Waals surface area contributed by atoms with Crippen molar-refractivity contribution in [2.24, 2.45) is 5.92 Å². The SMILES string of the molecule is Cc1ccc(NC(=O)NCCO[C@H]2CCCC[C@@H]2C)cc1. The number of hydrogen-bond acceptors (Lipinski definition) is 2. The molecular formula is C17H26N2O2. The van der Waals surface area contributed by atoms with Gasteiger partial charge in [-0.3, -0.25) is 0 Å². The predicted molar refractivity (Wildman–Crippen MR) is 85.6 cm³/mol. The second-order valence-corrected chi connectivity index (χ2v) is 5.92. The predicted octanol–water partition coefficient (Wildman–Crippen LogP) is 3.71. The van der Waals surface area contributed by atoms with Gasteiger partial charge in [0.2, 0.25) is 0 Å². The van der Waals surface area contributed by atoms with Crippen LogP contribution < -0.4 is 10.6 Å². The van der Waals surface area contributed by atoms with Gasteiger partial charge in [0.15, 0.2) is 0 Å². The molecule has 2 atom stereocenters. The summed E-state index contributed by atoms with van der Waals surface area (Å²) in [5, 5.41) is 5.64. The van der Waals surface area contributed by atoms with Crippen LogP contribution in [0.4, 0.5) is 10.5 Å². The van der Waals surface area contributed by atoms with Gasteiger partial charge < -0.3 is 15.4 Å². The van der Waals surface area contributed by atoms with Crippen LogP contribution >= 0.6 is 0 Å². The van der Waals surface area contributed by atoms with E-state index in [1.54, 1.807) is 0 Å². The number of urea groups is 1. The van der Waals surface area contributed by atoms with Crippen LogP contribution in [-0.2, 0) is 4.74 Å². The number of aryl methyl sites for hydroxylation is 1. The lowest BCUT2D eigenvalue weighted by Gasteiger charge is -2.28. The van der Waals surface area contributed by atoms with Gasteiger partial charge in [-0.25, -0.2) is 4.79 Å². The molecule has 4 heteroatoms. The van der Waals surface area contributed by atoms with Crippen molar-refractivity contribution < 1.29 is 9.53 Å². The molecule has 2 rings (SSSR count). The monoisotopic (exact) mass is 290 g/mol. The molecule has 1 aromatic rings. The van der Waals surface area contributed by atoms with Crippen LogP contribution in [0.1, 0.15) is 38.2 Å². The standard InChI is InChI=1S/C17H26N2O2/c1-13-7-9-15(10-8-13)19-17(20)18-11-12-21-16-6-4-3-5-14(16)2/h7-10,14,16H,3-6,11-12H2,1-2H3,(H2,18,19,20)/t14-,16-/m0/s1. The number of rotatable bonds is 5. The lowest BCUT2D eigenvalue weighted by molar-refractivity contribution is -0.00232. The fraction of sp³-hybridized carbons (Fsp3) is 0.588. The highest BCUT2D eigenvalue weighted by atomic mass is 16.5. The molecule has 1 aliphatic rings. The van der Waals surface area contributed by atoms with Crippen LogP contribution in [-0.4, -0.2) is 25.3 Å². The number of benzene rings is 1. The van der Waals surface area contributed by atoms with Crippen molar-refractivity contribution in [2.75, 3.05) is 18.5 Å². The van der Waals surface area contributed by atoms with E-state index in [1.165, 1.54) is 24.8 Å². The lowest BCUT2D eigenvalue weighted by atomic mass is 9.88. The van der Waals surface area contributed by atoms with Gasteiger partial charge in [-0.1, -0.05) is 37.5 Å². The van der Waals surface area contributed by atoms with Crippen LogP contribution in [0, 0.1) is 12.8 Å². The first kappa shape index (κ1) is 15.8. The van der Waals surface area contributed by atoms with Crippen molar-refractivity contribution >= 4 is 11.7 Å². The first-order valence-corrected chi connectivity index (χ1v) is 7.88. The minimum atomic E-state index is -0.181. The third kappa shape index (κ3) is 5.38. The Hall–Kier alpha value is -1.55. The van der Waals surface area contributed by atoms with E-state index in [2.05, 4.69) is 17.6 Å². The highest BCUT2D eigenvalue weighted by Gasteiger charge is 2.21. The van der Waals surface area contributed by atoms with Crippen molar-refractivity contribution in [1.82, 2.24) is 5.32 Å². The molecule has 1 saturated carbocycles. The Balaban J connectivity index is 1.61. The molecule has 0 unspecified atom stereocenters. The zero-order chi connectivity index (χ0) is 15.1. The molecule has 2 amide bonds. The molecule has 4 nitrogen and oxygen atoms in total. The summed E-state index contributed by atoms with van der Waals surface area (Å²) in [6.07, 6.45) is 5.35. The van der Waals surface area contributed by atoms with E-state index in [4.69, 9.17) is 4.74 Å². The van der Waals surface area contributed by atoms with Gasteiger partial charge in [0.1, 0.15) is 0 Å². The van der Waals surface area contributed by atoms with Crippen molar-refractivity contribution in [2.45, 2.75) is 45.6 Å². The van der Waals surface area contributed by atoms with Crippen LogP contribution in [0.5, 0.6) is 0 Å². The summed E-state index contributed by atoms with van der Waals surface area (Å²) in [5.74, 6) is 0.639. The van der Waals surface area contributed by atoms with Crippen molar-refractivity contribution in [3.05, 3.63) is 29.8 Å². The molecule has 0 saturated heterocycles. The van der Waals surface area contributed by atoms with Gasteiger partial charge >= 0.3 is 6.03 Å². The first-order valence-electron chi connectivity index (χ1n) is 7.88. The van der Waals surface area contributed by atoms with E-state index < -0.39 is 0 Å². The Morgan fingerprint density at radius 1 is 1.24 bits per heavy atom. The Bertz CT molecular complexity index is 445. The summed E-state index contributed by atoms with van der Waals surface area (Å²) < 4.78 is 5.87. The second kappa shape index (κ2) is 8.03. The molecule has 1 aliphatic carbocycles. The molecule has 0 radical (unpaired) electrons. The molecular weight excluding hydrogens is 264 g/mol. The molecule has 0 heterocycles. The largest absolute Gasteiger partial charge is 0.376 e. The van der Waals surface area contributed by atoms with Gasteiger partial charge in [-0.2, -0.15) is 0 Å². The third-order valence-electron chi connectivity index (χ3n) is 4.06. The summed E-state index contributed by atoms with van der Waals surface area (Å²) >= 11 is 0. The average Bonchev–Trinajstić information content (AvgIpc) is 2.48. The Morgan fingerprint density at radius 2 is 1.95 bits per heavy atom. The zero-order valence-electron chi connectivity index (χ0n) is 13.0. The summed E-state index contributed by atoms with van der Waals surface area (Å²) in [4.78, 5) is 11.7. The molecule has 1 aromatic carbocycles. The average molecular weight is 290 g/mol. The van der Waals surface area contributed by atoms with Crippen molar-refractivity contribution in [1.29, 1.82) is 0 Å². The maximum atomic E-state index is 11.7. The van der Waals surface area contributed by atoms with Crippen LogP contribution in [0.25, 0.3) is 0 Å². The number of carbonyl (C=O) groups is 1. The molecule has 116 valence electrons. The molecule has 0 aromatic heterocycles. The lowest BCUT2D eigenvalue weighted by Crippen LogP contribution is -2.34. The van der Waals surface area contributed by atoms with E-state index in [0.717, 1.165) is 12.1 Å². The Kier molecular flexibility index (Phi) is 6.05. The fourth-order valence-corrected chi connectivity index (χ4v) is 2.72. The topological polar surface area (TPSA) is 50.4 Å². The molecule has 2 N–H and O–H groups in total. The quantitative estimate of drug-likeness (QED) is 0.812. The first-order chi connectivity index (χ1) is 10.1. The third-order valence-corrected chi connectivity index (χ3v) is 4.06. The van der Waals surface area contributed by atoms with E-state index in [1.807, 2.05) is 31.2 Å². The Morgan fingerprint density at radius 3 is 2.67 bits per heavy atom. The van der Waals surface area contributed by atoms with Gasteiger partial charge in [-0.05, 0) is 37.8 Å². The minimum Gasteiger partial charge on any atom is -0.376 e. The van der Waals surface area contributed by atoms with Crippen LogP contribution in [0.2, 0.25) is 0 Å². The molecule has 0 spiro atoms. The zero-order valence-corrected chi connectivity index (χ0v) is 13.0. The fourth-order valence-electron chi connectivity index (χ4n) is 2.72. The molecule has 1 fully saturated rings. The number of carbonyl (C=O) groups excluding carboxylic acids is 1. The van der Waals surface area contributed by atoms with Gasteiger partial charge in [0, 0.05) is 12.2 Å². The summed E-state index contributed by atoms with van der Waals surface area (Å²) in [6, 6.07) is 7.57. The second-order valence-electron chi connectivity index (χ2n) is 5.92. The summed E-state index contributed by atoms with van der Waals surface area (Å²) in [6.45, 7) is 5.39. The molecule has 21 heavy (non-hydrogen) atoms. The normalized spacial score (nSPS) is 21.8. The highest BCUT2D eigenvalue weighted by Crippen LogP contribution is 2.25. The number of nitrogens with one attached hydrogen (secondary N) is 2. The Labute approximate surface area is 127 Å². The number of amides is 2. The minimum absolute atomic E-state index is 0.181. The number of anilines is 1. The van der Waals surface area contributed by atoms with E-state index in [0.29, 0.717) is 25.2 Å². The maximum absolute atomic E-state index is 11.7. The van der Waals surface area contributed by atoms with E-state index >= 15 is 0 Å². The van der Waals surface area contributed by atoms with E-state index in [-0.39, 0.29) is 6.03 Å².